The zero-order valence-corrected chi connectivity index (χ0v) is 10.6. The number of Topliss-reactive ketones (excluding diaryl/α,β-unsaturated/α-hetero) is 1. The first-order valence-electron chi connectivity index (χ1n) is 5.61. The van der Waals surface area contributed by atoms with E-state index in [0.29, 0.717) is 13.0 Å². The number of carbonyl (C=O) groups excluding carboxylic acids is 1. The second kappa shape index (κ2) is 4.27. The molecule has 0 fully saturated rings. The molecular weight excluding hydrogens is 240 g/mol. The van der Waals surface area contributed by atoms with Gasteiger partial charge in [-0.15, -0.1) is 0 Å². The van der Waals surface area contributed by atoms with E-state index < -0.39 is 10.0 Å². The average Bonchev–Trinajstić information content (AvgIpc) is 2.52. The number of hydrogen-bond donors (Lipinski definition) is 1. The Morgan fingerprint density at radius 2 is 2.12 bits per heavy atom. The van der Waals surface area contributed by atoms with Crippen LogP contribution < -0.4 is 5.14 Å². The normalized spacial score (nSPS) is 16.0. The first kappa shape index (κ1) is 12.3. The molecule has 1 aromatic rings. The van der Waals surface area contributed by atoms with Crippen molar-refractivity contribution in [3.05, 3.63) is 23.0 Å². The van der Waals surface area contributed by atoms with Gasteiger partial charge >= 0.3 is 0 Å². The SMILES string of the molecule is Cc1cc2c(n1CCS(N)(=O)=O)CCCC2=O. The van der Waals surface area contributed by atoms with Gasteiger partial charge in [0.2, 0.25) is 10.0 Å². The molecule has 0 unspecified atom stereocenters. The average molecular weight is 256 g/mol. The maximum Gasteiger partial charge on any atom is 0.210 e. The van der Waals surface area contributed by atoms with Crippen LogP contribution in [0.1, 0.15) is 34.6 Å². The van der Waals surface area contributed by atoms with Crippen molar-refractivity contribution in [3.63, 3.8) is 0 Å². The highest BCUT2D eigenvalue weighted by Crippen LogP contribution is 2.24. The number of sulfonamides is 1. The van der Waals surface area contributed by atoms with E-state index in [-0.39, 0.29) is 11.5 Å². The van der Waals surface area contributed by atoms with Crippen molar-refractivity contribution in [1.82, 2.24) is 4.57 Å². The van der Waals surface area contributed by atoms with Gasteiger partial charge in [0.1, 0.15) is 0 Å². The molecule has 17 heavy (non-hydrogen) atoms. The molecule has 5 nitrogen and oxygen atoms in total. The number of fused-ring (bicyclic) bond motifs is 1. The lowest BCUT2D eigenvalue weighted by molar-refractivity contribution is 0.0972. The molecule has 0 atom stereocenters. The number of nitrogens with zero attached hydrogens (tertiary/aromatic N) is 1. The standard InChI is InChI=1S/C11H16N2O3S/c1-8-7-9-10(3-2-4-11(9)14)13(8)5-6-17(12,15)16/h7H,2-6H2,1H3,(H2,12,15,16). The van der Waals surface area contributed by atoms with Gasteiger partial charge in [0, 0.05) is 29.9 Å². The van der Waals surface area contributed by atoms with Crippen LogP contribution in [0.2, 0.25) is 0 Å². The number of aromatic nitrogens is 1. The quantitative estimate of drug-likeness (QED) is 0.860. The van der Waals surface area contributed by atoms with Crippen molar-refractivity contribution < 1.29 is 13.2 Å². The highest BCUT2D eigenvalue weighted by Gasteiger charge is 2.22. The molecule has 0 saturated carbocycles. The van der Waals surface area contributed by atoms with Gasteiger partial charge in [0.15, 0.2) is 5.78 Å². The van der Waals surface area contributed by atoms with Crippen LogP contribution in [0, 0.1) is 6.92 Å². The van der Waals surface area contributed by atoms with E-state index in [9.17, 15) is 13.2 Å². The minimum atomic E-state index is -3.46. The molecule has 0 radical (unpaired) electrons. The van der Waals surface area contributed by atoms with Crippen LogP contribution in [0.3, 0.4) is 0 Å². The molecule has 1 heterocycles. The lowest BCUT2D eigenvalue weighted by Gasteiger charge is -2.15. The van der Waals surface area contributed by atoms with E-state index in [1.54, 1.807) is 0 Å². The van der Waals surface area contributed by atoms with Gasteiger partial charge in [-0.1, -0.05) is 0 Å². The Morgan fingerprint density at radius 3 is 2.76 bits per heavy atom. The van der Waals surface area contributed by atoms with Gasteiger partial charge in [-0.05, 0) is 25.8 Å². The van der Waals surface area contributed by atoms with Gasteiger partial charge in [-0.2, -0.15) is 0 Å². The highest BCUT2D eigenvalue weighted by atomic mass is 32.2. The third-order valence-electron chi connectivity index (χ3n) is 3.13. The molecule has 6 heteroatoms. The largest absolute Gasteiger partial charge is 0.347 e. The van der Waals surface area contributed by atoms with E-state index >= 15 is 0 Å². The molecule has 0 aliphatic heterocycles. The summed E-state index contributed by atoms with van der Waals surface area (Å²) in [5, 5.41) is 5.00. The van der Waals surface area contributed by atoms with Crippen molar-refractivity contribution in [2.24, 2.45) is 5.14 Å². The van der Waals surface area contributed by atoms with Gasteiger partial charge in [-0.3, -0.25) is 4.79 Å². The number of primary sulfonamides is 1. The number of ketones is 1. The van der Waals surface area contributed by atoms with Gasteiger partial charge in [0.25, 0.3) is 0 Å². The van der Waals surface area contributed by atoms with Crippen LogP contribution in [0.25, 0.3) is 0 Å². The van der Waals surface area contributed by atoms with Gasteiger partial charge < -0.3 is 4.57 Å². The van der Waals surface area contributed by atoms with E-state index in [4.69, 9.17) is 5.14 Å². The first-order valence-corrected chi connectivity index (χ1v) is 7.33. The van der Waals surface area contributed by atoms with Crippen molar-refractivity contribution in [2.45, 2.75) is 32.7 Å². The summed E-state index contributed by atoms with van der Waals surface area (Å²) in [5.74, 6) is 0.0621. The fourth-order valence-corrected chi connectivity index (χ4v) is 2.76. The third-order valence-corrected chi connectivity index (χ3v) is 3.88. The Labute approximate surface area is 101 Å². The lowest BCUT2D eigenvalue weighted by Crippen LogP contribution is -2.22. The summed E-state index contributed by atoms with van der Waals surface area (Å²) in [6.45, 7) is 2.21. The van der Waals surface area contributed by atoms with Crippen LogP contribution >= 0.6 is 0 Å². The smallest absolute Gasteiger partial charge is 0.210 e. The molecule has 0 aromatic carbocycles. The third kappa shape index (κ3) is 2.58. The van der Waals surface area contributed by atoms with Crippen molar-refractivity contribution in [3.8, 4) is 0 Å². The summed E-state index contributed by atoms with van der Waals surface area (Å²) in [4.78, 5) is 11.7. The van der Waals surface area contributed by atoms with Crippen LogP contribution in [-0.4, -0.2) is 24.5 Å². The Kier molecular flexibility index (Phi) is 3.09. The zero-order valence-electron chi connectivity index (χ0n) is 9.77. The minimum Gasteiger partial charge on any atom is -0.347 e. The summed E-state index contributed by atoms with van der Waals surface area (Å²) < 4.78 is 23.8. The molecule has 1 aliphatic rings. The van der Waals surface area contributed by atoms with Crippen LogP contribution in [0.5, 0.6) is 0 Å². The molecule has 0 spiro atoms. The second-order valence-corrected chi connectivity index (χ2v) is 6.18. The number of hydrogen-bond acceptors (Lipinski definition) is 3. The monoisotopic (exact) mass is 256 g/mol. The van der Waals surface area contributed by atoms with Crippen molar-refractivity contribution in [2.75, 3.05) is 5.75 Å². The molecule has 1 aliphatic carbocycles. The lowest BCUT2D eigenvalue weighted by atomic mass is 9.97. The molecular formula is C11H16N2O3S. The van der Waals surface area contributed by atoms with Crippen LogP contribution in [0.15, 0.2) is 6.07 Å². The topological polar surface area (TPSA) is 82.2 Å². The van der Waals surface area contributed by atoms with Crippen LogP contribution in [0.4, 0.5) is 0 Å². The summed E-state index contributed by atoms with van der Waals surface area (Å²) in [7, 11) is -3.46. The van der Waals surface area contributed by atoms with E-state index in [2.05, 4.69) is 0 Å². The number of carbonyl (C=O) groups is 1. The maximum absolute atomic E-state index is 11.7. The fourth-order valence-electron chi connectivity index (χ4n) is 2.32. The van der Waals surface area contributed by atoms with Gasteiger partial charge in [-0.25, -0.2) is 13.6 Å². The predicted molar refractivity (Wildman–Crippen MR) is 64.4 cm³/mol. The Bertz CT molecular complexity index is 558. The van der Waals surface area contributed by atoms with Crippen LogP contribution in [-0.2, 0) is 23.0 Å². The van der Waals surface area contributed by atoms with Crippen molar-refractivity contribution >= 4 is 15.8 Å². The molecule has 0 amide bonds. The molecule has 2 rings (SSSR count). The minimum absolute atomic E-state index is 0.0941. The highest BCUT2D eigenvalue weighted by molar-refractivity contribution is 7.89. The maximum atomic E-state index is 11.7. The summed E-state index contributed by atoms with van der Waals surface area (Å²) in [5.41, 5.74) is 2.64. The molecule has 1 aromatic heterocycles. The van der Waals surface area contributed by atoms with E-state index in [1.165, 1.54) is 0 Å². The summed E-state index contributed by atoms with van der Waals surface area (Å²) in [6, 6.07) is 1.85. The van der Waals surface area contributed by atoms with E-state index in [0.717, 1.165) is 29.8 Å². The summed E-state index contributed by atoms with van der Waals surface area (Å²) in [6.07, 6.45) is 2.26. The number of nitrogens with two attached hydrogens (primary N) is 1. The predicted octanol–water partition coefficient (Wildman–Crippen LogP) is 0.604. The zero-order chi connectivity index (χ0) is 12.6. The Morgan fingerprint density at radius 1 is 1.41 bits per heavy atom. The molecule has 0 saturated heterocycles. The number of aryl methyl sites for hydroxylation is 1. The Hall–Kier alpha value is -1.14. The van der Waals surface area contributed by atoms with E-state index in [1.807, 2.05) is 17.6 Å². The first-order chi connectivity index (χ1) is 7.88. The number of rotatable bonds is 3. The fraction of sp³-hybridized carbons (Fsp3) is 0.545. The van der Waals surface area contributed by atoms with Gasteiger partial charge in [0.05, 0.1) is 5.75 Å². The van der Waals surface area contributed by atoms with Crippen molar-refractivity contribution in [1.29, 1.82) is 0 Å². The molecule has 94 valence electrons. The summed E-state index contributed by atoms with van der Waals surface area (Å²) >= 11 is 0. The second-order valence-electron chi connectivity index (χ2n) is 4.44. The Balaban J connectivity index is 2.32. The molecule has 2 N–H and O–H groups in total. The molecule has 0 bridgehead atoms.